The van der Waals surface area contributed by atoms with Crippen LogP contribution in [0, 0.1) is 0 Å². The number of hydrogen-bond acceptors (Lipinski definition) is 3. The molecule has 1 amide bonds. The number of benzene rings is 1. The molecule has 1 fully saturated rings. The summed E-state index contributed by atoms with van der Waals surface area (Å²) in [6.07, 6.45) is 2.46. The van der Waals surface area contributed by atoms with Crippen molar-refractivity contribution in [2.75, 3.05) is 6.54 Å². The van der Waals surface area contributed by atoms with Gasteiger partial charge in [0.2, 0.25) is 5.91 Å². The molecule has 22 heavy (non-hydrogen) atoms. The first-order chi connectivity index (χ1) is 10.1. The number of ether oxygens (including phenoxy) is 1. The van der Waals surface area contributed by atoms with Gasteiger partial charge in [-0.3, -0.25) is 4.79 Å². The van der Waals surface area contributed by atoms with E-state index in [-0.39, 0.29) is 30.6 Å². The number of amides is 1. The topological polar surface area (TPSA) is 50.4 Å². The lowest BCUT2D eigenvalue weighted by molar-refractivity contribution is -0.127. The van der Waals surface area contributed by atoms with Gasteiger partial charge in [0, 0.05) is 12.1 Å². The second-order valence-corrected chi connectivity index (χ2v) is 5.13. The first kappa shape index (κ1) is 18.6. The van der Waals surface area contributed by atoms with Crippen LogP contribution in [-0.4, -0.2) is 24.6 Å². The fraction of sp³-hybridized carbons (Fsp3) is 0.533. The zero-order chi connectivity index (χ0) is 15.3. The summed E-state index contributed by atoms with van der Waals surface area (Å²) in [5.41, 5.74) is 0.00816. The van der Waals surface area contributed by atoms with E-state index in [1.54, 1.807) is 18.2 Å². The molecule has 0 aromatic heterocycles. The maximum Gasteiger partial charge on any atom is 0.387 e. The van der Waals surface area contributed by atoms with Crippen LogP contribution in [0.5, 0.6) is 5.75 Å². The molecule has 1 saturated heterocycles. The van der Waals surface area contributed by atoms with Crippen LogP contribution in [0.2, 0.25) is 0 Å². The highest BCUT2D eigenvalue weighted by atomic mass is 35.5. The third-order valence-corrected chi connectivity index (χ3v) is 3.91. The van der Waals surface area contributed by atoms with Crippen LogP contribution in [-0.2, 0) is 11.3 Å². The van der Waals surface area contributed by atoms with Crippen LogP contribution < -0.4 is 15.4 Å². The van der Waals surface area contributed by atoms with Gasteiger partial charge in [0.25, 0.3) is 0 Å². The zero-order valence-corrected chi connectivity index (χ0v) is 13.2. The number of alkyl halides is 2. The van der Waals surface area contributed by atoms with Crippen LogP contribution in [0.1, 0.15) is 31.7 Å². The van der Waals surface area contributed by atoms with Gasteiger partial charge in [0.1, 0.15) is 5.75 Å². The van der Waals surface area contributed by atoms with Crippen molar-refractivity contribution in [1.29, 1.82) is 0 Å². The first-order valence-electron chi connectivity index (χ1n) is 7.13. The molecule has 2 rings (SSSR count). The second kappa shape index (κ2) is 8.29. The Morgan fingerprint density at radius 3 is 2.77 bits per heavy atom. The normalized spacial score (nSPS) is 20.5. The Hall–Kier alpha value is -1.40. The molecular formula is C15H21ClF2N2O2. The van der Waals surface area contributed by atoms with Gasteiger partial charge < -0.3 is 15.4 Å². The summed E-state index contributed by atoms with van der Waals surface area (Å²) < 4.78 is 29.1. The predicted molar refractivity (Wildman–Crippen MR) is 82.4 cm³/mol. The Morgan fingerprint density at radius 2 is 2.18 bits per heavy atom. The molecule has 7 heteroatoms. The average Bonchev–Trinajstić information content (AvgIpc) is 2.95. The van der Waals surface area contributed by atoms with Gasteiger partial charge in [-0.25, -0.2) is 0 Å². The fourth-order valence-electron chi connectivity index (χ4n) is 2.67. The molecule has 2 N–H and O–H groups in total. The maximum absolute atomic E-state index is 12.3. The largest absolute Gasteiger partial charge is 0.434 e. The summed E-state index contributed by atoms with van der Waals surface area (Å²) in [5, 5.41) is 6.06. The maximum atomic E-state index is 12.3. The number of carbonyl (C=O) groups is 1. The van der Waals surface area contributed by atoms with E-state index in [1.165, 1.54) is 6.07 Å². The minimum Gasteiger partial charge on any atom is -0.434 e. The molecule has 0 aliphatic carbocycles. The molecule has 0 spiro atoms. The molecule has 1 heterocycles. The van der Waals surface area contributed by atoms with Crippen molar-refractivity contribution in [3.63, 3.8) is 0 Å². The van der Waals surface area contributed by atoms with Crippen LogP contribution in [0.15, 0.2) is 24.3 Å². The molecule has 0 bridgehead atoms. The average molecular weight is 335 g/mol. The highest BCUT2D eigenvalue weighted by molar-refractivity contribution is 5.86. The second-order valence-electron chi connectivity index (χ2n) is 5.13. The van der Waals surface area contributed by atoms with E-state index in [0.717, 1.165) is 19.4 Å². The minimum atomic E-state index is -2.87. The number of para-hydroxylation sites is 1. The number of hydrogen-bond donors (Lipinski definition) is 2. The van der Waals surface area contributed by atoms with Crippen molar-refractivity contribution < 1.29 is 18.3 Å². The third kappa shape index (κ3) is 4.30. The SMILES string of the molecule is CCC1(C(=O)NCc2ccccc2OC(F)F)CCCN1.Cl. The van der Waals surface area contributed by atoms with E-state index < -0.39 is 12.2 Å². The van der Waals surface area contributed by atoms with Crippen molar-refractivity contribution in [3.05, 3.63) is 29.8 Å². The van der Waals surface area contributed by atoms with Crippen molar-refractivity contribution >= 4 is 18.3 Å². The molecule has 1 aromatic rings. The predicted octanol–water partition coefficient (Wildman–Crippen LogP) is 2.86. The van der Waals surface area contributed by atoms with E-state index in [9.17, 15) is 13.6 Å². The van der Waals surface area contributed by atoms with Crippen LogP contribution in [0.4, 0.5) is 8.78 Å². The van der Waals surface area contributed by atoms with Crippen LogP contribution in [0.25, 0.3) is 0 Å². The molecule has 1 aliphatic heterocycles. The molecule has 0 radical (unpaired) electrons. The number of carbonyl (C=O) groups excluding carboxylic acids is 1. The highest BCUT2D eigenvalue weighted by Crippen LogP contribution is 2.24. The van der Waals surface area contributed by atoms with Crippen LogP contribution >= 0.6 is 12.4 Å². The van der Waals surface area contributed by atoms with Gasteiger partial charge in [-0.05, 0) is 31.9 Å². The molecule has 4 nitrogen and oxygen atoms in total. The van der Waals surface area contributed by atoms with Crippen molar-refractivity contribution in [1.82, 2.24) is 10.6 Å². The van der Waals surface area contributed by atoms with Crippen molar-refractivity contribution in [3.8, 4) is 5.75 Å². The molecule has 124 valence electrons. The Balaban J connectivity index is 0.00000242. The van der Waals surface area contributed by atoms with Gasteiger partial charge in [0.05, 0.1) is 5.54 Å². The smallest absolute Gasteiger partial charge is 0.387 e. The summed E-state index contributed by atoms with van der Waals surface area (Å²) in [6.45, 7) is 0.0869. The molecule has 1 aliphatic rings. The molecular weight excluding hydrogens is 314 g/mol. The van der Waals surface area contributed by atoms with Gasteiger partial charge in [-0.2, -0.15) is 8.78 Å². The Labute approximate surface area is 135 Å². The minimum absolute atomic E-state index is 0. The van der Waals surface area contributed by atoms with E-state index in [0.29, 0.717) is 12.0 Å². The van der Waals surface area contributed by atoms with E-state index in [2.05, 4.69) is 15.4 Å². The molecule has 1 unspecified atom stereocenters. The summed E-state index contributed by atoms with van der Waals surface area (Å²) >= 11 is 0. The molecule has 1 atom stereocenters. The van der Waals surface area contributed by atoms with Gasteiger partial charge >= 0.3 is 6.61 Å². The lowest BCUT2D eigenvalue weighted by Gasteiger charge is -2.26. The van der Waals surface area contributed by atoms with Gasteiger partial charge in [-0.15, -0.1) is 12.4 Å². The first-order valence-corrected chi connectivity index (χ1v) is 7.13. The Morgan fingerprint density at radius 1 is 1.45 bits per heavy atom. The quantitative estimate of drug-likeness (QED) is 0.841. The standard InChI is InChI=1S/C15H20F2N2O2.ClH/c1-2-15(8-5-9-19-15)13(20)18-10-11-6-3-4-7-12(11)21-14(16)17;/h3-4,6-7,14,19H,2,5,8-10H2,1H3,(H,18,20);1H. The third-order valence-electron chi connectivity index (χ3n) is 3.91. The fourth-order valence-corrected chi connectivity index (χ4v) is 2.67. The lowest BCUT2D eigenvalue weighted by atomic mass is 9.93. The van der Waals surface area contributed by atoms with Crippen LogP contribution in [0.3, 0.4) is 0 Å². The molecule has 1 aromatic carbocycles. The highest BCUT2D eigenvalue weighted by Gasteiger charge is 2.38. The van der Waals surface area contributed by atoms with E-state index >= 15 is 0 Å². The van der Waals surface area contributed by atoms with Crippen molar-refractivity contribution in [2.45, 2.75) is 44.9 Å². The summed E-state index contributed by atoms with van der Waals surface area (Å²) in [7, 11) is 0. The summed E-state index contributed by atoms with van der Waals surface area (Å²) in [6, 6.07) is 6.48. The molecule has 0 saturated carbocycles. The number of rotatable bonds is 6. The monoisotopic (exact) mass is 334 g/mol. The summed E-state index contributed by atoms with van der Waals surface area (Å²) in [5.74, 6) is 0.00656. The van der Waals surface area contributed by atoms with Gasteiger partial charge in [-0.1, -0.05) is 25.1 Å². The Bertz CT molecular complexity index is 494. The van der Waals surface area contributed by atoms with Crippen molar-refractivity contribution in [2.24, 2.45) is 0 Å². The Kier molecular flexibility index (Phi) is 7.03. The van der Waals surface area contributed by atoms with E-state index in [1.807, 2.05) is 6.92 Å². The summed E-state index contributed by atoms with van der Waals surface area (Å²) in [4.78, 5) is 12.3. The number of halogens is 3. The lowest BCUT2D eigenvalue weighted by Crippen LogP contribution is -2.52. The van der Waals surface area contributed by atoms with Gasteiger partial charge in [0.15, 0.2) is 0 Å². The number of nitrogens with one attached hydrogen (secondary N) is 2. The zero-order valence-electron chi connectivity index (χ0n) is 12.4. The van der Waals surface area contributed by atoms with E-state index in [4.69, 9.17) is 0 Å².